The number of rotatable bonds is 12. The Balaban J connectivity index is 0. The molecule has 0 spiro atoms. The SMILES string of the molecule is CCS(=O)(=O)NCCNC(=NC)NCCN(C)CCCOC.I. The Morgan fingerprint density at radius 1 is 1.17 bits per heavy atom. The van der Waals surface area contributed by atoms with E-state index in [4.69, 9.17) is 4.74 Å². The quantitative estimate of drug-likeness (QED) is 0.158. The highest BCUT2D eigenvalue weighted by atomic mass is 127. The summed E-state index contributed by atoms with van der Waals surface area (Å²) in [4.78, 5) is 6.31. The summed E-state index contributed by atoms with van der Waals surface area (Å²) in [7, 11) is 2.33. The monoisotopic (exact) mass is 465 g/mol. The molecule has 0 aliphatic rings. The zero-order valence-electron chi connectivity index (χ0n) is 14.6. The maximum Gasteiger partial charge on any atom is 0.211 e. The van der Waals surface area contributed by atoms with Gasteiger partial charge in [-0.15, -0.1) is 24.0 Å². The number of ether oxygens (including phenoxy) is 1. The number of aliphatic imine (C=N–C) groups is 1. The highest BCUT2D eigenvalue weighted by molar-refractivity contribution is 14.0. The number of guanidine groups is 1. The molecule has 0 aliphatic heterocycles. The second kappa shape index (κ2) is 15.4. The molecule has 8 nitrogen and oxygen atoms in total. The highest BCUT2D eigenvalue weighted by Gasteiger charge is 2.05. The maximum atomic E-state index is 11.3. The van der Waals surface area contributed by atoms with Crippen molar-refractivity contribution in [2.45, 2.75) is 13.3 Å². The van der Waals surface area contributed by atoms with Crippen LogP contribution in [0.25, 0.3) is 0 Å². The van der Waals surface area contributed by atoms with Gasteiger partial charge < -0.3 is 20.3 Å². The fourth-order valence-electron chi connectivity index (χ4n) is 1.67. The van der Waals surface area contributed by atoms with Crippen molar-refractivity contribution in [2.75, 3.05) is 66.3 Å². The van der Waals surface area contributed by atoms with Crippen molar-refractivity contribution in [3.63, 3.8) is 0 Å². The number of nitrogens with zero attached hydrogens (tertiary/aromatic N) is 2. The number of likely N-dealkylation sites (N-methyl/N-ethyl adjacent to an activating group) is 1. The first-order valence-electron chi connectivity index (χ1n) is 7.54. The van der Waals surface area contributed by atoms with E-state index in [-0.39, 0.29) is 29.7 Å². The number of halogens is 1. The van der Waals surface area contributed by atoms with Gasteiger partial charge in [-0.25, -0.2) is 13.1 Å². The molecular weight excluding hydrogens is 433 g/mol. The Morgan fingerprint density at radius 3 is 2.39 bits per heavy atom. The standard InChI is InChI=1S/C13H31N5O3S.HI/c1-5-22(19,20)17-8-7-15-13(14-2)16-9-11-18(3)10-6-12-21-4;/h17H,5-12H2,1-4H3,(H2,14,15,16);1H. The molecule has 10 heteroatoms. The minimum absolute atomic E-state index is 0. The molecule has 0 amide bonds. The summed E-state index contributed by atoms with van der Waals surface area (Å²) in [6, 6.07) is 0. The Kier molecular flexibility index (Phi) is 16.7. The molecular formula is C13H32IN5O3S. The lowest BCUT2D eigenvalue weighted by atomic mass is 10.4. The molecule has 140 valence electrons. The first kappa shape index (κ1) is 25.1. The lowest BCUT2D eigenvalue weighted by Crippen LogP contribution is -2.43. The zero-order chi connectivity index (χ0) is 16.8. The van der Waals surface area contributed by atoms with Crippen molar-refractivity contribution >= 4 is 40.0 Å². The van der Waals surface area contributed by atoms with Crippen LogP contribution in [0.15, 0.2) is 4.99 Å². The van der Waals surface area contributed by atoms with Crippen LogP contribution in [-0.2, 0) is 14.8 Å². The Hall–Kier alpha value is -0.170. The maximum absolute atomic E-state index is 11.3. The molecule has 0 aliphatic carbocycles. The van der Waals surface area contributed by atoms with E-state index >= 15 is 0 Å². The third-order valence-corrected chi connectivity index (χ3v) is 4.42. The molecule has 0 radical (unpaired) electrons. The normalized spacial score (nSPS) is 12.1. The lowest BCUT2D eigenvalue weighted by molar-refractivity contribution is 0.180. The second-order valence-corrected chi connectivity index (χ2v) is 6.97. The molecule has 0 aromatic carbocycles. The Bertz CT molecular complexity index is 406. The van der Waals surface area contributed by atoms with Gasteiger partial charge in [-0.2, -0.15) is 0 Å². The molecule has 0 saturated carbocycles. The van der Waals surface area contributed by atoms with Crippen LogP contribution in [0, 0.1) is 0 Å². The lowest BCUT2D eigenvalue weighted by Gasteiger charge is -2.18. The molecule has 0 fully saturated rings. The van der Waals surface area contributed by atoms with Gasteiger partial charge in [0.1, 0.15) is 0 Å². The highest BCUT2D eigenvalue weighted by Crippen LogP contribution is 1.87. The van der Waals surface area contributed by atoms with E-state index < -0.39 is 10.0 Å². The summed E-state index contributed by atoms with van der Waals surface area (Å²) in [5.41, 5.74) is 0. The van der Waals surface area contributed by atoms with E-state index in [0.29, 0.717) is 19.0 Å². The van der Waals surface area contributed by atoms with Crippen molar-refractivity contribution in [1.82, 2.24) is 20.3 Å². The van der Waals surface area contributed by atoms with Gasteiger partial charge in [-0.05, 0) is 20.4 Å². The third kappa shape index (κ3) is 15.1. The van der Waals surface area contributed by atoms with Gasteiger partial charge in [0, 0.05) is 53.5 Å². The topological polar surface area (TPSA) is 95.1 Å². The average molecular weight is 465 g/mol. The molecule has 0 unspecified atom stereocenters. The van der Waals surface area contributed by atoms with E-state index in [2.05, 4.69) is 32.3 Å². The Morgan fingerprint density at radius 2 is 1.83 bits per heavy atom. The summed E-state index contributed by atoms with van der Waals surface area (Å²) in [5.74, 6) is 0.760. The van der Waals surface area contributed by atoms with Crippen molar-refractivity contribution in [3.8, 4) is 0 Å². The molecule has 0 rings (SSSR count). The summed E-state index contributed by atoms with van der Waals surface area (Å²) in [6.45, 7) is 5.86. The van der Waals surface area contributed by atoms with Gasteiger partial charge >= 0.3 is 0 Å². The first-order chi connectivity index (χ1) is 10.4. The predicted molar refractivity (Wildman–Crippen MR) is 106 cm³/mol. The fourth-order valence-corrected chi connectivity index (χ4v) is 2.28. The summed E-state index contributed by atoms with van der Waals surface area (Å²) >= 11 is 0. The summed E-state index contributed by atoms with van der Waals surface area (Å²) in [6.07, 6.45) is 1.01. The van der Waals surface area contributed by atoms with Crippen LogP contribution in [0.1, 0.15) is 13.3 Å². The van der Waals surface area contributed by atoms with E-state index in [1.165, 1.54) is 0 Å². The molecule has 0 heterocycles. The average Bonchev–Trinajstić information content (AvgIpc) is 2.50. The van der Waals surface area contributed by atoms with Crippen LogP contribution in [0.2, 0.25) is 0 Å². The van der Waals surface area contributed by atoms with Crippen molar-refractivity contribution < 1.29 is 13.2 Å². The van der Waals surface area contributed by atoms with Crippen LogP contribution in [0.4, 0.5) is 0 Å². The van der Waals surface area contributed by atoms with Crippen LogP contribution < -0.4 is 15.4 Å². The van der Waals surface area contributed by atoms with Crippen LogP contribution in [-0.4, -0.2) is 85.6 Å². The van der Waals surface area contributed by atoms with Crippen LogP contribution in [0.3, 0.4) is 0 Å². The molecule has 23 heavy (non-hydrogen) atoms. The van der Waals surface area contributed by atoms with Gasteiger partial charge in [0.2, 0.25) is 10.0 Å². The minimum Gasteiger partial charge on any atom is -0.385 e. The van der Waals surface area contributed by atoms with E-state index in [1.54, 1.807) is 21.1 Å². The van der Waals surface area contributed by atoms with Crippen molar-refractivity contribution in [3.05, 3.63) is 0 Å². The number of hydrogen-bond donors (Lipinski definition) is 3. The number of hydrogen-bond acceptors (Lipinski definition) is 5. The molecule has 0 bridgehead atoms. The number of sulfonamides is 1. The fraction of sp³-hybridized carbons (Fsp3) is 0.923. The van der Waals surface area contributed by atoms with E-state index in [1.807, 2.05) is 0 Å². The second-order valence-electron chi connectivity index (χ2n) is 4.87. The van der Waals surface area contributed by atoms with Gasteiger partial charge in [0.15, 0.2) is 5.96 Å². The Labute approximate surface area is 157 Å². The van der Waals surface area contributed by atoms with Gasteiger partial charge in [0.25, 0.3) is 0 Å². The smallest absolute Gasteiger partial charge is 0.211 e. The van der Waals surface area contributed by atoms with Crippen molar-refractivity contribution in [2.24, 2.45) is 4.99 Å². The summed E-state index contributed by atoms with van der Waals surface area (Å²) < 4.78 is 30.1. The number of methoxy groups -OCH3 is 1. The van der Waals surface area contributed by atoms with Crippen LogP contribution in [0.5, 0.6) is 0 Å². The van der Waals surface area contributed by atoms with Gasteiger partial charge in [-0.3, -0.25) is 4.99 Å². The van der Waals surface area contributed by atoms with Gasteiger partial charge in [-0.1, -0.05) is 0 Å². The molecule has 0 atom stereocenters. The largest absolute Gasteiger partial charge is 0.385 e. The molecule has 3 N–H and O–H groups in total. The minimum atomic E-state index is -3.13. The zero-order valence-corrected chi connectivity index (χ0v) is 17.7. The molecule has 0 saturated heterocycles. The summed E-state index contributed by atoms with van der Waals surface area (Å²) in [5, 5.41) is 6.26. The van der Waals surface area contributed by atoms with Gasteiger partial charge in [0.05, 0.1) is 5.75 Å². The third-order valence-electron chi connectivity index (χ3n) is 3.02. The first-order valence-corrected chi connectivity index (χ1v) is 9.19. The van der Waals surface area contributed by atoms with E-state index in [0.717, 1.165) is 32.7 Å². The van der Waals surface area contributed by atoms with Crippen molar-refractivity contribution in [1.29, 1.82) is 0 Å². The van der Waals surface area contributed by atoms with E-state index in [9.17, 15) is 8.42 Å². The number of nitrogens with one attached hydrogen (secondary N) is 3. The molecule has 0 aromatic rings. The molecule has 0 aromatic heterocycles. The van der Waals surface area contributed by atoms with Crippen LogP contribution >= 0.6 is 24.0 Å². The predicted octanol–water partition coefficient (Wildman–Crippen LogP) is -0.323.